The molecule has 0 aromatic carbocycles. The quantitative estimate of drug-likeness (QED) is 0.689. The largest absolute Gasteiger partial charge is 0.396 e. The molecule has 0 aliphatic rings. The highest BCUT2D eigenvalue weighted by atomic mass is 32.1. The SMILES string of the molecule is Cc1ncc(C(C)NCCCCCCO)s1. The van der Waals surface area contributed by atoms with Crippen molar-refractivity contribution in [3.05, 3.63) is 16.1 Å². The third kappa shape index (κ3) is 5.05. The molecule has 0 saturated heterocycles. The minimum absolute atomic E-state index is 0.323. The molecule has 1 aromatic heterocycles. The van der Waals surface area contributed by atoms with Crippen molar-refractivity contribution in [3.63, 3.8) is 0 Å². The van der Waals surface area contributed by atoms with E-state index in [1.165, 1.54) is 17.7 Å². The van der Waals surface area contributed by atoms with E-state index in [1.54, 1.807) is 11.3 Å². The molecule has 1 atom stereocenters. The summed E-state index contributed by atoms with van der Waals surface area (Å²) < 4.78 is 0. The lowest BCUT2D eigenvalue weighted by atomic mass is 10.2. The zero-order chi connectivity index (χ0) is 11.8. The molecule has 0 radical (unpaired) electrons. The summed E-state index contributed by atoms with van der Waals surface area (Å²) >= 11 is 1.76. The van der Waals surface area contributed by atoms with Gasteiger partial charge in [0.05, 0.1) is 5.01 Å². The van der Waals surface area contributed by atoms with Crippen LogP contribution in [0.15, 0.2) is 6.20 Å². The molecule has 1 heterocycles. The molecule has 0 amide bonds. The predicted octanol–water partition coefficient (Wildman–Crippen LogP) is 2.65. The van der Waals surface area contributed by atoms with Crippen molar-refractivity contribution in [1.29, 1.82) is 0 Å². The fourth-order valence-electron chi connectivity index (χ4n) is 1.59. The Morgan fingerprint density at radius 3 is 2.75 bits per heavy atom. The van der Waals surface area contributed by atoms with Crippen LogP contribution in [0.3, 0.4) is 0 Å². The van der Waals surface area contributed by atoms with Gasteiger partial charge in [0.1, 0.15) is 0 Å². The molecule has 4 heteroatoms. The summed E-state index contributed by atoms with van der Waals surface area (Å²) in [5.41, 5.74) is 0. The predicted molar refractivity (Wildman–Crippen MR) is 68.8 cm³/mol. The van der Waals surface area contributed by atoms with Crippen LogP contribution >= 0.6 is 11.3 Å². The maximum Gasteiger partial charge on any atom is 0.0897 e. The zero-order valence-corrected chi connectivity index (χ0v) is 11.0. The number of aryl methyl sites for hydroxylation is 1. The maximum atomic E-state index is 8.64. The van der Waals surface area contributed by atoms with Crippen LogP contribution in [0.2, 0.25) is 0 Å². The first-order chi connectivity index (χ1) is 7.74. The number of hydrogen-bond acceptors (Lipinski definition) is 4. The van der Waals surface area contributed by atoms with Gasteiger partial charge >= 0.3 is 0 Å². The fourth-order valence-corrected chi connectivity index (χ4v) is 2.40. The number of aromatic nitrogens is 1. The van der Waals surface area contributed by atoms with Crippen LogP contribution in [0, 0.1) is 6.92 Å². The highest BCUT2D eigenvalue weighted by Crippen LogP contribution is 2.19. The summed E-state index contributed by atoms with van der Waals surface area (Å²) in [6, 6.07) is 0.407. The number of hydrogen-bond donors (Lipinski definition) is 2. The third-order valence-electron chi connectivity index (χ3n) is 2.60. The number of thiazole rings is 1. The normalized spacial score (nSPS) is 12.9. The number of aliphatic hydroxyl groups is 1. The minimum Gasteiger partial charge on any atom is -0.396 e. The second-order valence-electron chi connectivity index (χ2n) is 4.10. The van der Waals surface area contributed by atoms with Gasteiger partial charge in [-0.25, -0.2) is 4.98 Å². The van der Waals surface area contributed by atoms with Crippen molar-refractivity contribution in [3.8, 4) is 0 Å². The molecular weight excluding hydrogens is 220 g/mol. The number of unbranched alkanes of at least 4 members (excludes halogenated alkanes) is 3. The zero-order valence-electron chi connectivity index (χ0n) is 10.2. The summed E-state index contributed by atoms with van der Waals surface area (Å²) in [6.07, 6.45) is 6.41. The van der Waals surface area contributed by atoms with Gasteiger partial charge in [-0.05, 0) is 33.2 Å². The minimum atomic E-state index is 0.323. The summed E-state index contributed by atoms with van der Waals surface area (Å²) in [5.74, 6) is 0. The topological polar surface area (TPSA) is 45.2 Å². The van der Waals surface area contributed by atoms with Gasteiger partial charge in [-0.2, -0.15) is 0 Å². The van der Waals surface area contributed by atoms with E-state index < -0.39 is 0 Å². The van der Waals surface area contributed by atoms with E-state index in [4.69, 9.17) is 5.11 Å². The van der Waals surface area contributed by atoms with Crippen LogP contribution in [-0.2, 0) is 0 Å². The smallest absolute Gasteiger partial charge is 0.0897 e. The Kier molecular flexibility index (Phi) is 6.61. The molecule has 3 nitrogen and oxygen atoms in total. The molecule has 0 fully saturated rings. The lowest BCUT2D eigenvalue weighted by Gasteiger charge is -2.11. The van der Waals surface area contributed by atoms with Gasteiger partial charge in [0, 0.05) is 23.7 Å². The molecular formula is C12H22N2OS. The molecule has 0 saturated carbocycles. The lowest BCUT2D eigenvalue weighted by molar-refractivity contribution is 0.282. The van der Waals surface area contributed by atoms with Gasteiger partial charge < -0.3 is 10.4 Å². The molecule has 16 heavy (non-hydrogen) atoms. The molecule has 0 bridgehead atoms. The van der Waals surface area contributed by atoms with E-state index in [-0.39, 0.29) is 0 Å². The first-order valence-corrected chi connectivity index (χ1v) is 6.82. The first kappa shape index (κ1) is 13.6. The summed E-state index contributed by atoms with van der Waals surface area (Å²) in [6.45, 7) is 5.59. The van der Waals surface area contributed by atoms with Crippen LogP contribution in [-0.4, -0.2) is 23.2 Å². The van der Waals surface area contributed by atoms with E-state index in [1.807, 2.05) is 13.1 Å². The van der Waals surface area contributed by atoms with E-state index in [2.05, 4.69) is 17.2 Å². The molecule has 1 rings (SSSR count). The molecule has 1 unspecified atom stereocenters. The Balaban J connectivity index is 2.09. The molecule has 0 aliphatic heterocycles. The highest BCUT2D eigenvalue weighted by Gasteiger charge is 2.06. The first-order valence-electron chi connectivity index (χ1n) is 6.00. The monoisotopic (exact) mass is 242 g/mol. The van der Waals surface area contributed by atoms with Crippen molar-refractivity contribution < 1.29 is 5.11 Å². The summed E-state index contributed by atoms with van der Waals surface area (Å²) in [5, 5.41) is 13.3. The Hall–Kier alpha value is -0.450. The number of aliphatic hydroxyl groups excluding tert-OH is 1. The number of nitrogens with one attached hydrogen (secondary N) is 1. The third-order valence-corrected chi connectivity index (χ3v) is 3.70. The van der Waals surface area contributed by atoms with E-state index in [0.29, 0.717) is 12.6 Å². The Morgan fingerprint density at radius 1 is 1.38 bits per heavy atom. The van der Waals surface area contributed by atoms with Crippen LogP contribution in [0.1, 0.15) is 48.5 Å². The Morgan fingerprint density at radius 2 is 2.12 bits per heavy atom. The average Bonchev–Trinajstić information content (AvgIpc) is 2.70. The van der Waals surface area contributed by atoms with Crippen molar-refractivity contribution in [2.75, 3.05) is 13.2 Å². The van der Waals surface area contributed by atoms with Crippen molar-refractivity contribution >= 4 is 11.3 Å². The molecule has 0 aliphatic carbocycles. The molecule has 1 aromatic rings. The maximum absolute atomic E-state index is 8.64. The second-order valence-corrected chi connectivity index (χ2v) is 5.36. The van der Waals surface area contributed by atoms with Gasteiger partial charge in [-0.15, -0.1) is 11.3 Å². The van der Waals surface area contributed by atoms with E-state index in [9.17, 15) is 0 Å². The van der Waals surface area contributed by atoms with Crippen LogP contribution in [0.5, 0.6) is 0 Å². The van der Waals surface area contributed by atoms with Crippen molar-refractivity contribution in [2.45, 2.75) is 45.6 Å². The van der Waals surface area contributed by atoms with Gasteiger partial charge in [-0.3, -0.25) is 0 Å². The van der Waals surface area contributed by atoms with Crippen LogP contribution in [0.4, 0.5) is 0 Å². The average molecular weight is 242 g/mol. The van der Waals surface area contributed by atoms with Gasteiger partial charge in [0.15, 0.2) is 0 Å². The molecule has 2 N–H and O–H groups in total. The Labute approximate surface area is 102 Å². The number of rotatable bonds is 8. The van der Waals surface area contributed by atoms with E-state index in [0.717, 1.165) is 24.4 Å². The summed E-state index contributed by atoms with van der Waals surface area (Å²) in [7, 11) is 0. The van der Waals surface area contributed by atoms with Crippen molar-refractivity contribution in [2.24, 2.45) is 0 Å². The van der Waals surface area contributed by atoms with Crippen LogP contribution in [0.25, 0.3) is 0 Å². The van der Waals surface area contributed by atoms with E-state index >= 15 is 0 Å². The summed E-state index contributed by atoms with van der Waals surface area (Å²) in [4.78, 5) is 5.57. The lowest BCUT2D eigenvalue weighted by Crippen LogP contribution is -2.18. The standard InChI is InChI=1S/C12H22N2OS/c1-10(12-9-14-11(2)16-12)13-7-5-3-4-6-8-15/h9-10,13,15H,3-8H2,1-2H3. The molecule has 92 valence electrons. The van der Waals surface area contributed by atoms with Gasteiger partial charge in [0.25, 0.3) is 0 Å². The Bertz CT molecular complexity index is 288. The fraction of sp³-hybridized carbons (Fsp3) is 0.750. The van der Waals surface area contributed by atoms with Gasteiger partial charge in [0.2, 0.25) is 0 Å². The van der Waals surface area contributed by atoms with Gasteiger partial charge in [-0.1, -0.05) is 12.8 Å². The van der Waals surface area contributed by atoms with Crippen molar-refractivity contribution in [1.82, 2.24) is 10.3 Å². The number of nitrogens with zero attached hydrogens (tertiary/aromatic N) is 1. The van der Waals surface area contributed by atoms with Crippen LogP contribution < -0.4 is 5.32 Å². The highest BCUT2D eigenvalue weighted by molar-refractivity contribution is 7.11. The second kappa shape index (κ2) is 7.76. The molecule has 0 spiro atoms.